The quantitative estimate of drug-likeness (QED) is 0.252. The highest BCUT2D eigenvalue weighted by Crippen LogP contribution is 2.70. The Bertz CT molecular complexity index is 1030. The minimum Gasteiger partial charge on any atom is -0.462 e. The zero-order chi connectivity index (χ0) is 30.6. The molecule has 43 heavy (non-hydrogen) atoms. The van der Waals surface area contributed by atoms with Crippen molar-refractivity contribution in [3.63, 3.8) is 0 Å². The average Bonchev–Trinajstić information content (AvgIpc) is 3.37. The van der Waals surface area contributed by atoms with E-state index in [0.717, 1.165) is 76.5 Å². The monoisotopic (exact) mass is 603 g/mol. The van der Waals surface area contributed by atoms with Gasteiger partial charge in [0.15, 0.2) is 0 Å². The molecule has 0 aromatic rings. The molecule has 1 heterocycles. The molecular weight excluding hydrogens is 546 g/mol. The third-order valence-electron chi connectivity index (χ3n) is 14.0. The van der Waals surface area contributed by atoms with Crippen LogP contribution in [0.3, 0.4) is 0 Å². The van der Waals surface area contributed by atoms with E-state index in [4.69, 9.17) is 24.3 Å². The van der Waals surface area contributed by atoms with Crippen LogP contribution in [0.1, 0.15) is 131 Å². The zero-order valence-corrected chi connectivity index (χ0v) is 27.6. The van der Waals surface area contributed by atoms with Crippen LogP contribution in [0.4, 0.5) is 0 Å². The molecule has 0 bridgehead atoms. The Labute approximate surface area is 258 Å². The molecule has 8 heteroatoms. The first kappa shape index (κ1) is 31.7. The second-order valence-electron chi connectivity index (χ2n) is 15.9. The summed E-state index contributed by atoms with van der Waals surface area (Å²) < 4.78 is 6.29. The van der Waals surface area contributed by atoms with E-state index in [9.17, 15) is 9.59 Å². The Balaban J connectivity index is 1.17. The van der Waals surface area contributed by atoms with E-state index in [1.807, 2.05) is 0 Å². The van der Waals surface area contributed by atoms with Crippen LogP contribution in [-0.2, 0) is 33.9 Å². The molecule has 5 aliphatic carbocycles. The standard InChI is InChI=1S/C35H57NO7/c1-7-24-14-16-34(17-15-24)40-42-35(43-41-34)19-18-32(4)25(21-35)9-10-26-28-12-11-27(22(2)8-13-31(38)36-6)33(28,5)30(20-29(26)32)39-23(3)37/h22,24-30H,7-21H2,1-6H3,(H,36,38)/t22-,24?,25+,26-,27+,28-,29-,30-,32-,33+,34?,35?/m0/s1. The molecule has 2 spiro atoms. The summed E-state index contributed by atoms with van der Waals surface area (Å²) in [7, 11) is 1.71. The predicted octanol–water partition coefficient (Wildman–Crippen LogP) is 7.25. The van der Waals surface area contributed by atoms with Gasteiger partial charge in [0.05, 0.1) is 0 Å². The van der Waals surface area contributed by atoms with Gasteiger partial charge >= 0.3 is 5.97 Å². The van der Waals surface area contributed by atoms with Crippen LogP contribution in [0.25, 0.3) is 0 Å². The van der Waals surface area contributed by atoms with Gasteiger partial charge in [-0.3, -0.25) is 9.59 Å². The normalized spacial score (nSPS) is 48.2. The molecular formula is C35H57NO7. The fraction of sp³-hybridized carbons (Fsp3) is 0.943. The van der Waals surface area contributed by atoms with Crippen LogP contribution in [0.5, 0.6) is 0 Å². The molecule has 1 aliphatic heterocycles. The number of carbonyl (C=O) groups excluding carboxylic acids is 2. The number of ether oxygens (including phenoxy) is 1. The van der Waals surface area contributed by atoms with Gasteiger partial charge in [0.1, 0.15) is 6.10 Å². The SMILES string of the molecule is CCC1CCC2(CC1)OOC1(CC[C@@]3(C)[C@H](CC[C@@H]4[C@@H]3C[C@H](OC(C)=O)[C@]3(C)[C@@H]([C@@H](C)CCC(=O)NC)CC[C@@H]43)C1)OO2. The van der Waals surface area contributed by atoms with Gasteiger partial charge in [0.25, 0.3) is 0 Å². The Morgan fingerprint density at radius 3 is 2.26 bits per heavy atom. The number of amides is 1. The molecule has 6 aliphatic rings. The Kier molecular flexibility index (Phi) is 8.75. The molecule has 0 radical (unpaired) electrons. The summed E-state index contributed by atoms with van der Waals surface area (Å²) in [6.45, 7) is 11.0. The lowest BCUT2D eigenvalue weighted by atomic mass is 9.43. The van der Waals surface area contributed by atoms with Gasteiger partial charge in [0.2, 0.25) is 17.5 Å². The Morgan fingerprint density at radius 1 is 0.907 bits per heavy atom. The summed E-state index contributed by atoms with van der Waals surface area (Å²) in [5, 5.41) is 2.78. The first-order valence-corrected chi connectivity index (χ1v) is 17.6. The van der Waals surface area contributed by atoms with Gasteiger partial charge in [-0.2, -0.15) is 19.6 Å². The lowest BCUT2D eigenvalue weighted by Crippen LogP contribution is -2.62. The maximum absolute atomic E-state index is 12.5. The zero-order valence-electron chi connectivity index (χ0n) is 27.6. The van der Waals surface area contributed by atoms with E-state index in [1.165, 1.54) is 19.3 Å². The molecule has 0 aromatic heterocycles. The maximum atomic E-state index is 12.5. The number of fused-ring (bicyclic) bond motifs is 5. The number of rotatable bonds is 6. The van der Waals surface area contributed by atoms with Crippen LogP contribution in [0, 0.1) is 52.3 Å². The van der Waals surface area contributed by atoms with Gasteiger partial charge in [-0.1, -0.05) is 34.1 Å². The van der Waals surface area contributed by atoms with E-state index in [0.29, 0.717) is 41.9 Å². The topological polar surface area (TPSA) is 92.3 Å². The van der Waals surface area contributed by atoms with Crippen molar-refractivity contribution in [3.05, 3.63) is 0 Å². The summed E-state index contributed by atoms with van der Waals surface area (Å²) in [5.41, 5.74) is 0.0637. The van der Waals surface area contributed by atoms with Crippen molar-refractivity contribution in [2.45, 2.75) is 149 Å². The summed E-state index contributed by atoms with van der Waals surface area (Å²) in [5.74, 6) is 2.02. The molecule has 0 aromatic carbocycles. The number of nitrogens with one attached hydrogen (secondary N) is 1. The molecule has 244 valence electrons. The van der Waals surface area contributed by atoms with Crippen LogP contribution in [-0.4, -0.2) is 36.6 Å². The first-order valence-electron chi connectivity index (χ1n) is 17.6. The highest BCUT2D eigenvalue weighted by atomic mass is 17.4. The van der Waals surface area contributed by atoms with E-state index in [2.05, 4.69) is 33.0 Å². The highest BCUT2D eigenvalue weighted by Gasteiger charge is 2.67. The molecule has 8 nitrogen and oxygen atoms in total. The van der Waals surface area contributed by atoms with Crippen molar-refractivity contribution < 1.29 is 33.9 Å². The van der Waals surface area contributed by atoms with Crippen molar-refractivity contribution >= 4 is 11.9 Å². The first-order chi connectivity index (χ1) is 20.5. The van der Waals surface area contributed by atoms with E-state index in [1.54, 1.807) is 14.0 Å². The van der Waals surface area contributed by atoms with E-state index in [-0.39, 0.29) is 28.8 Å². The predicted molar refractivity (Wildman–Crippen MR) is 161 cm³/mol. The van der Waals surface area contributed by atoms with Crippen LogP contribution in [0.2, 0.25) is 0 Å². The van der Waals surface area contributed by atoms with Crippen molar-refractivity contribution in [2.24, 2.45) is 52.3 Å². The van der Waals surface area contributed by atoms with E-state index < -0.39 is 11.6 Å². The maximum Gasteiger partial charge on any atom is 0.302 e. The van der Waals surface area contributed by atoms with Crippen molar-refractivity contribution in [1.82, 2.24) is 5.32 Å². The van der Waals surface area contributed by atoms with Crippen LogP contribution < -0.4 is 5.32 Å². The number of hydrogen-bond acceptors (Lipinski definition) is 7. The lowest BCUT2D eigenvalue weighted by Gasteiger charge is -2.63. The molecule has 6 fully saturated rings. The Hall–Kier alpha value is -1.22. The van der Waals surface area contributed by atoms with Gasteiger partial charge < -0.3 is 10.1 Å². The molecule has 1 saturated heterocycles. The summed E-state index contributed by atoms with van der Waals surface area (Å²) in [4.78, 5) is 49.2. The second kappa shape index (κ2) is 11.9. The van der Waals surface area contributed by atoms with Crippen molar-refractivity contribution in [2.75, 3.05) is 7.05 Å². The summed E-state index contributed by atoms with van der Waals surface area (Å²) >= 11 is 0. The molecule has 6 rings (SSSR count). The fourth-order valence-electron chi connectivity index (χ4n) is 11.3. The van der Waals surface area contributed by atoms with Crippen molar-refractivity contribution in [3.8, 4) is 0 Å². The minimum absolute atomic E-state index is 0.0591. The molecule has 5 saturated carbocycles. The lowest BCUT2D eigenvalue weighted by molar-refractivity contribution is -0.665. The summed E-state index contributed by atoms with van der Waals surface area (Å²) in [6, 6.07) is 0. The van der Waals surface area contributed by atoms with Gasteiger partial charge in [0, 0.05) is 51.5 Å². The molecule has 9 atom stereocenters. The average molecular weight is 604 g/mol. The number of esters is 1. The number of hydrogen-bond donors (Lipinski definition) is 1. The van der Waals surface area contributed by atoms with Crippen LogP contribution >= 0.6 is 0 Å². The minimum atomic E-state index is -0.832. The third kappa shape index (κ3) is 5.48. The molecule has 0 unspecified atom stereocenters. The number of carbonyl (C=O) groups is 2. The van der Waals surface area contributed by atoms with Crippen LogP contribution in [0.15, 0.2) is 0 Å². The molecule has 1 amide bonds. The largest absolute Gasteiger partial charge is 0.462 e. The highest BCUT2D eigenvalue weighted by molar-refractivity contribution is 5.75. The van der Waals surface area contributed by atoms with Gasteiger partial charge in [-0.25, -0.2) is 0 Å². The van der Waals surface area contributed by atoms with Crippen molar-refractivity contribution in [1.29, 1.82) is 0 Å². The fourth-order valence-corrected chi connectivity index (χ4v) is 11.3. The third-order valence-corrected chi connectivity index (χ3v) is 14.0. The summed E-state index contributed by atoms with van der Waals surface area (Å²) in [6.07, 6.45) is 14.4. The van der Waals surface area contributed by atoms with Gasteiger partial charge in [-0.05, 0) is 105 Å². The molecule has 1 N–H and O–H groups in total. The van der Waals surface area contributed by atoms with E-state index >= 15 is 0 Å². The van der Waals surface area contributed by atoms with Gasteiger partial charge in [-0.15, -0.1) is 0 Å². The smallest absolute Gasteiger partial charge is 0.302 e. The Morgan fingerprint density at radius 2 is 1.60 bits per heavy atom. The second-order valence-corrected chi connectivity index (χ2v) is 15.9.